The predicted molar refractivity (Wildman–Crippen MR) is 105 cm³/mol. The van der Waals surface area contributed by atoms with Crippen molar-refractivity contribution in [2.45, 2.75) is 19.5 Å². The second-order valence-electron chi connectivity index (χ2n) is 6.12. The summed E-state index contributed by atoms with van der Waals surface area (Å²) in [5, 5.41) is 4.46. The van der Waals surface area contributed by atoms with E-state index in [4.69, 9.17) is 11.6 Å². The predicted octanol–water partition coefficient (Wildman–Crippen LogP) is 2.19. The van der Waals surface area contributed by atoms with E-state index in [1.807, 2.05) is 6.92 Å². The molecule has 3 aromatic rings. The van der Waals surface area contributed by atoms with Gasteiger partial charge < -0.3 is 10.3 Å². The van der Waals surface area contributed by atoms with E-state index in [0.717, 1.165) is 11.6 Å². The molecular formula is C17H18ClN5O3S. The second kappa shape index (κ2) is 7.63. The van der Waals surface area contributed by atoms with Crippen molar-refractivity contribution in [1.29, 1.82) is 0 Å². The molecule has 0 aliphatic carbocycles. The number of halogens is 1. The van der Waals surface area contributed by atoms with Crippen LogP contribution in [0.1, 0.15) is 24.2 Å². The number of sulfonamides is 1. The van der Waals surface area contributed by atoms with E-state index >= 15 is 0 Å². The van der Waals surface area contributed by atoms with E-state index in [1.165, 1.54) is 6.20 Å². The van der Waals surface area contributed by atoms with Crippen molar-refractivity contribution in [2.75, 3.05) is 11.6 Å². The highest BCUT2D eigenvalue weighted by molar-refractivity contribution is 7.88. The maximum absolute atomic E-state index is 12.4. The van der Waals surface area contributed by atoms with E-state index in [2.05, 4.69) is 25.0 Å². The Kier molecular flexibility index (Phi) is 5.45. The fourth-order valence-electron chi connectivity index (χ4n) is 2.56. The molecule has 0 radical (unpaired) electrons. The van der Waals surface area contributed by atoms with Gasteiger partial charge in [-0.3, -0.25) is 4.79 Å². The Labute approximate surface area is 161 Å². The van der Waals surface area contributed by atoms with E-state index in [-0.39, 0.29) is 18.1 Å². The minimum atomic E-state index is -3.32. The lowest BCUT2D eigenvalue weighted by atomic mass is 10.1. The summed E-state index contributed by atoms with van der Waals surface area (Å²) in [5.41, 5.74) is 1.49. The molecule has 2 heterocycles. The molecule has 10 heteroatoms. The van der Waals surface area contributed by atoms with Crippen molar-refractivity contribution in [3.63, 3.8) is 0 Å². The Hall–Kier alpha value is -2.49. The molecule has 1 atom stereocenters. The molecule has 27 heavy (non-hydrogen) atoms. The van der Waals surface area contributed by atoms with Crippen LogP contribution in [0.25, 0.3) is 10.9 Å². The average Bonchev–Trinajstić information content (AvgIpc) is 2.59. The van der Waals surface area contributed by atoms with Gasteiger partial charge in [0.25, 0.3) is 5.56 Å². The number of H-pyrrole nitrogens is 1. The second-order valence-corrected chi connectivity index (χ2v) is 8.39. The number of aromatic nitrogens is 3. The van der Waals surface area contributed by atoms with Crippen molar-refractivity contribution in [3.8, 4) is 0 Å². The van der Waals surface area contributed by atoms with Crippen LogP contribution in [0.4, 0.5) is 5.95 Å². The lowest BCUT2D eigenvalue weighted by Gasteiger charge is -2.14. The number of fused-ring (bicyclic) bond motifs is 1. The zero-order valence-electron chi connectivity index (χ0n) is 14.7. The molecule has 0 fully saturated rings. The van der Waals surface area contributed by atoms with E-state index in [1.54, 1.807) is 30.3 Å². The van der Waals surface area contributed by atoms with Crippen LogP contribution in [0.3, 0.4) is 0 Å². The highest BCUT2D eigenvalue weighted by atomic mass is 35.5. The summed E-state index contributed by atoms with van der Waals surface area (Å²) in [7, 11) is -3.32. The highest BCUT2D eigenvalue weighted by Crippen LogP contribution is 2.21. The van der Waals surface area contributed by atoms with Crippen LogP contribution in [-0.4, -0.2) is 29.6 Å². The molecule has 0 aliphatic heterocycles. The summed E-state index contributed by atoms with van der Waals surface area (Å²) in [6, 6.07) is 8.24. The van der Waals surface area contributed by atoms with Gasteiger partial charge in [-0.15, -0.1) is 0 Å². The first-order valence-corrected chi connectivity index (χ1v) is 10.3. The lowest BCUT2D eigenvalue weighted by Crippen LogP contribution is -2.23. The maximum atomic E-state index is 12.4. The molecule has 1 aromatic carbocycles. The first-order chi connectivity index (χ1) is 12.7. The standard InChI is InChI=1S/C17H18ClN5O3S/c1-10(14-8-11-7-12(18)3-4-15(11)23-16(14)24)21-17-19-6-5-13(22-17)9-20-27(2,25)26/h3-8,10,20H,9H2,1-2H3,(H,23,24)(H,19,21,22)/t10-/m0/s1. The number of nitrogens with one attached hydrogen (secondary N) is 3. The number of hydrogen-bond acceptors (Lipinski definition) is 6. The van der Waals surface area contributed by atoms with Crippen molar-refractivity contribution in [3.05, 3.63) is 63.2 Å². The molecule has 0 saturated heterocycles. The van der Waals surface area contributed by atoms with Crippen molar-refractivity contribution >= 4 is 38.5 Å². The van der Waals surface area contributed by atoms with Gasteiger partial charge in [0.1, 0.15) is 0 Å². The number of pyridine rings is 1. The van der Waals surface area contributed by atoms with Gasteiger partial charge in [0.2, 0.25) is 16.0 Å². The van der Waals surface area contributed by atoms with Crippen molar-refractivity contribution < 1.29 is 8.42 Å². The van der Waals surface area contributed by atoms with Gasteiger partial charge >= 0.3 is 0 Å². The first-order valence-electron chi connectivity index (χ1n) is 8.07. The number of nitrogens with zero attached hydrogens (tertiary/aromatic N) is 2. The molecule has 2 aromatic heterocycles. The summed E-state index contributed by atoms with van der Waals surface area (Å²) in [6.07, 6.45) is 2.60. The van der Waals surface area contributed by atoms with Crippen LogP contribution in [0.5, 0.6) is 0 Å². The lowest BCUT2D eigenvalue weighted by molar-refractivity contribution is 0.586. The third-order valence-corrected chi connectivity index (χ3v) is 4.78. The number of aromatic amines is 1. The third kappa shape index (κ3) is 5.03. The Morgan fingerprint density at radius 3 is 2.78 bits per heavy atom. The van der Waals surface area contributed by atoms with Gasteiger partial charge in [0.05, 0.1) is 24.5 Å². The molecule has 0 unspecified atom stereocenters. The summed E-state index contributed by atoms with van der Waals surface area (Å²) in [5.74, 6) is 0.292. The third-order valence-electron chi connectivity index (χ3n) is 3.88. The maximum Gasteiger partial charge on any atom is 0.253 e. The average molecular weight is 408 g/mol. The van der Waals surface area contributed by atoms with Crippen LogP contribution in [0, 0.1) is 0 Å². The van der Waals surface area contributed by atoms with E-state index in [9.17, 15) is 13.2 Å². The molecule has 142 valence electrons. The Morgan fingerprint density at radius 1 is 1.26 bits per heavy atom. The van der Waals surface area contributed by atoms with Gasteiger partial charge in [-0.05, 0) is 37.3 Å². The SMILES string of the molecule is C[C@H](Nc1nccc(CNS(C)(=O)=O)n1)c1cc2cc(Cl)ccc2[nH]c1=O. The summed E-state index contributed by atoms with van der Waals surface area (Å²) < 4.78 is 24.8. The summed E-state index contributed by atoms with van der Waals surface area (Å²) >= 11 is 6.02. The quantitative estimate of drug-likeness (QED) is 0.576. The molecule has 3 rings (SSSR count). The van der Waals surface area contributed by atoms with Crippen LogP contribution < -0.4 is 15.6 Å². The Bertz CT molecular complexity index is 1150. The minimum Gasteiger partial charge on any atom is -0.347 e. The Morgan fingerprint density at radius 2 is 2.04 bits per heavy atom. The topological polar surface area (TPSA) is 117 Å². The highest BCUT2D eigenvalue weighted by Gasteiger charge is 2.13. The van der Waals surface area contributed by atoms with Crippen LogP contribution in [0.2, 0.25) is 5.02 Å². The first kappa shape index (κ1) is 19.3. The van der Waals surface area contributed by atoms with Crippen LogP contribution in [-0.2, 0) is 16.6 Å². The van der Waals surface area contributed by atoms with Crippen LogP contribution >= 0.6 is 11.6 Å². The number of benzene rings is 1. The normalized spacial score (nSPS) is 12.9. The molecule has 3 N–H and O–H groups in total. The van der Waals surface area contributed by atoms with Gasteiger partial charge in [-0.2, -0.15) is 0 Å². The number of rotatable bonds is 6. The molecule has 8 nitrogen and oxygen atoms in total. The van der Waals surface area contributed by atoms with Gasteiger partial charge in [0.15, 0.2) is 0 Å². The minimum absolute atomic E-state index is 0.0550. The summed E-state index contributed by atoms with van der Waals surface area (Å²) in [4.78, 5) is 23.6. The molecule has 0 amide bonds. The smallest absolute Gasteiger partial charge is 0.253 e. The monoisotopic (exact) mass is 407 g/mol. The largest absolute Gasteiger partial charge is 0.347 e. The van der Waals surface area contributed by atoms with Crippen molar-refractivity contribution in [1.82, 2.24) is 19.7 Å². The molecule has 0 aliphatic rings. The molecule has 0 spiro atoms. The van der Waals surface area contributed by atoms with Gasteiger partial charge in [-0.25, -0.2) is 23.1 Å². The summed E-state index contributed by atoms with van der Waals surface area (Å²) in [6.45, 7) is 1.87. The van der Waals surface area contributed by atoms with E-state index in [0.29, 0.717) is 27.7 Å². The molecular weight excluding hydrogens is 390 g/mol. The van der Waals surface area contributed by atoms with Crippen LogP contribution in [0.15, 0.2) is 41.3 Å². The Balaban J connectivity index is 1.83. The fourth-order valence-corrected chi connectivity index (χ4v) is 3.15. The zero-order valence-corrected chi connectivity index (χ0v) is 16.2. The van der Waals surface area contributed by atoms with Gasteiger partial charge in [0, 0.05) is 27.7 Å². The zero-order chi connectivity index (χ0) is 19.6. The van der Waals surface area contributed by atoms with Crippen molar-refractivity contribution in [2.24, 2.45) is 0 Å². The number of anilines is 1. The molecule has 0 saturated carbocycles. The number of hydrogen-bond donors (Lipinski definition) is 3. The molecule has 0 bridgehead atoms. The van der Waals surface area contributed by atoms with E-state index < -0.39 is 10.0 Å². The fraction of sp³-hybridized carbons (Fsp3) is 0.235. The van der Waals surface area contributed by atoms with Gasteiger partial charge in [-0.1, -0.05) is 11.6 Å².